The molecule has 4 nitrogen and oxygen atoms in total. The fraction of sp³-hybridized carbons (Fsp3) is 0.435. The highest BCUT2D eigenvalue weighted by atomic mass is 127. The maximum Gasteiger partial charge on any atom is 0.191 e. The lowest BCUT2D eigenvalue weighted by molar-refractivity contribution is 0.198. The van der Waals surface area contributed by atoms with Crippen LogP contribution in [0.5, 0.6) is 0 Å². The van der Waals surface area contributed by atoms with Gasteiger partial charge in [-0.15, -0.1) is 24.0 Å². The van der Waals surface area contributed by atoms with Gasteiger partial charge in [0.25, 0.3) is 0 Å². The highest BCUT2D eigenvalue weighted by Gasteiger charge is 2.20. The number of benzene rings is 2. The van der Waals surface area contributed by atoms with Crippen LogP contribution in [0.2, 0.25) is 0 Å². The zero-order valence-corrected chi connectivity index (χ0v) is 20.0. The summed E-state index contributed by atoms with van der Waals surface area (Å²) in [6.45, 7) is 5.72. The van der Waals surface area contributed by atoms with Crippen molar-refractivity contribution in [3.63, 3.8) is 0 Å². The van der Waals surface area contributed by atoms with E-state index in [1.165, 1.54) is 17.2 Å². The van der Waals surface area contributed by atoms with Gasteiger partial charge in [-0.1, -0.05) is 36.4 Å². The number of hydrogen-bond donors (Lipinski definition) is 2. The molecule has 1 aliphatic rings. The van der Waals surface area contributed by atoms with Crippen LogP contribution in [0, 0.1) is 18.6 Å². The second-order valence-electron chi connectivity index (χ2n) is 7.58. The molecule has 0 spiro atoms. The lowest BCUT2D eigenvalue weighted by atomic mass is 10.0. The van der Waals surface area contributed by atoms with Gasteiger partial charge in [0.2, 0.25) is 0 Å². The van der Waals surface area contributed by atoms with E-state index in [1.54, 1.807) is 13.1 Å². The summed E-state index contributed by atoms with van der Waals surface area (Å²) >= 11 is 0. The van der Waals surface area contributed by atoms with Crippen LogP contribution in [-0.2, 0) is 13.0 Å². The molecule has 164 valence electrons. The summed E-state index contributed by atoms with van der Waals surface area (Å²) in [5, 5.41) is 6.66. The summed E-state index contributed by atoms with van der Waals surface area (Å²) in [6, 6.07) is 13.2. The molecular formula is C23H31F2IN4. The number of guanidine groups is 1. The maximum atomic E-state index is 13.7. The molecule has 3 rings (SSSR count). The van der Waals surface area contributed by atoms with Crippen LogP contribution in [0.4, 0.5) is 8.78 Å². The second kappa shape index (κ2) is 12.2. The van der Waals surface area contributed by atoms with E-state index in [0.29, 0.717) is 30.5 Å². The number of nitrogens with one attached hydrogen (secondary N) is 2. The predicted molar refractivity (Wildman–Crippen MR) is 129 cm³/mol. The molecule has 1 aliphatic heterocycles. The number of aryl methyl sites for hydroxylation is 1. The molecule has 0 aromatic heterocycles. The lowest BCUT2D eigenvalue weighted by Crippen LogP contribution is -2.48. The third kappa shape index (κ3) is 6.91. The summed E-state index contributed by atoms with van der Waals surface area (Å²) in [5.74, 6) is -0.861. The van der Waals surface area contributed by atoms with Crippen molar-refractivity contribution in [1.29, 1.82) is 0 Å². The number of halogens is 3. The van der Waals surface area contributed by atoms with Gasteiger partial charge in [-0.3, -0.25) is 9.89 Å². The van der Waals surface area contributed by atoms with E-state index in [1.807, 2.05) is 0 Å². The molecule has 0 bridgehead atoms. The van der Waals surface area contributed by atoms with Crippen LogP contribution in [0.25, 0.3) is 0 Å². The van der Waals surface area contributed by atoms with Gasteiger partial charge in [0.15, 0.2) is 17.6 Å². The molecule has 30 heavy (non-hydrogen) atoms. The number of aliphatic imine (C=N–C) groups is 1. The average molecular weight is 528 g/mol. The molecule has 7 heteroatoms. The molecule has 0 radical (unpaired) electrons. The quantitative estimate of drug-likeness (QED) is 0.335. The molecule has 1 saturated heterocycles. The van der Waals surface area contributed by atoms with E-state index >= 15 is 0 Å². The fourth-order valence-electron chi connectivity index (χ4n) is 3.71. The Morgan fingerprint density at radius 3 is 2.47 bits per heavy atom. The summed E-state index contributed by atoms with van der Waals surface area (Å²) < 4.78 is 27.0. The van der Waals surface area contributed by atoms with Gasteiger partial charge in [-0.25, -0.2) is 8.78 Å². The van der Waals surface area contributed by atoms with E-state index in [2.05, 4.69) is 51.7 Å². The minimum absolute atomic E-state index is 0. The standard InChI is InChI=1S/C23H30F2N4.HI/c1-17-6-3-4-7-19(17)16-29-14-11-20(12-15-29)28-23(26-2)27-13-10-18-8-5-9-21(24)22(18)25;/h3-9,20H,10-16H2,1-2H3,(H2,26,27,28);1H. The largest absolute Gasteiger partial charge is 0.356 e. The molecule has 1 heterocycles. The normalized spacial score (nSPS) is 15.5. The van der Waals surface area contributed by atoms with E-state index in [9.17, 15) is 8.78 Å². The van der Waals surface area contributed by atoms with Crippen LogP contribution in [0.3, 0.4) is 0 Å². The topological polar surface area (TPSA) is 39.7 Å². The van der Waals surface area contributed by atoms with Crippen LogP contribution in [-0.4, -0.2) is 43.6 Å². The van der Waals surface area contributed by atoms with E-state index in [0.717, 1.165) is 38.5 Å². The molecule has 0 aliphatic carbocycles. The molecule has 0 saturated carbocycles. The zero-order chi connectivity index (χ0) is 20.6. The van der Waals surface area contributed by atoms with Gasteiger partial charge in [-0.2, -0.15) is 0 Å². The Morgan fingerprint density at radius 2 is 1.77 bits per heavy atom. The van der Waals surface area contributed by atoms with Crippen molar-refractivity contribution in [1.82, 2.24) is 15.5 Å². The predicted octanol–water partition coefficient (Wildman–Crippen LogP) is 4.26. The Hall–Kier alpha value is -1.74. The van der Waals surface area contributed by atoms with Crippen molar-refractivity contribution in [2.24, 2.45) is 4.99 Å². The minimum Gasteiger partial charge on any atom is -0.356 e. The van der Waals surface area contributed by atoms with E-state index < -0.39 is 11.6 Å². The molecule has 1 fully saturated rings. The van der Waals surface area contributed by atoms with Crippen LogP contribution in [0.1, 0.15) is 29.5 Å². The lowest BCUT2D eigenvalue weighted by Gasteiger charge is -2.33. The molecule has 2 aromatic rings. The maximum absolute atomic E-state index is 13.7. The Kier molecular flexibility index (Phi) is 9.97. The number of rotatable bonds is 6. The molecule has 0 atom stereocenters. The Labute approximate surface area is 195 Å². The van der Waals surface area contributed by atoms with E-state index in [-0.39, 0.29) is 24.0 Å². The van der Waals surface area contributed by atoms with E-state index in [4.69, 9.17) is 0 Å². The molecule has 2 aromatic carbocycles. The van der Waals surface area contributed by atoms with Crippen molar-refractivity contribution < 1.29 is 8.78 Å². The van der Waals surface area contributed by atoms with Crippen molar-refractivity contribution in [2.75, 3.05) is 26.7 Å². The molecular weight excluding hydrogens is 497 g/mol. The summed E-state index contributed by atoms with van der Waals surface area (Å²) in [5.41, 5.74) is 3.10. The van der Waals surface area contributed by atoms with Crippen LogP contribution < -0.4 is 10.6 Å². The smallest absolute Gasteiger partial charge is 0.191 e. The first-order valence-corrected chi connectivity index (χ1v) is 10.2. The Morgan fingerprint density at radius 1 is 1.07 bits per heavy atom. The SMILES string of the molecule is CN=C(NCCc1cccc(F)c1F)NC1CCN(Cc2ccccc2C)CC1.I. The second-order valence-corrected chi connectivity index (χ2v) is 7.58. The first kappa shape index (κ1) is 24.5. The van der Waals surface area contributed by atoms with Crippen LogP contribution in [0.15, 0.2) is 47.5 Å². The van der Waals surface area contributed by atoms with Crippen molar-refractivity contribution in [3.8, 4) is 0 Å². The van der Waals surface area contributed by atoms with Gasteiger partial charge in [0, 0.05) is 39.3 Å². The average Bonchev–Trinajstić information content (AvgIpc) is 2.73. The van der Waals surface area contributed by atoms with Gasteiger partial charge in [0.1, 0.15) is 0 Å². The number of likely N-dealkylation sites (tertiary alicyclic amines) is 1. The number of nitrogens with zero attached hydrogens (tertiary/aromatic N) is 2. The fourth-order valence-corrected chi connectivity index (χ4v) is 3.71. The molecule has 0 unspecified atom stereocenters. The number of piperidine rings is 1. The van der Waals surface area contributed by atoms with Crippen molar-refractivity contribution in [2.45, 2.75) is 38.8 Å². The Balaban J connectivity index is 0.00000320. The Bertz CT molecular complexity index is 836. The summed E-state index contributed by atoms with van der Waals surface area (Å²) in [4.78, 5) is 6.75. The highest BCUT2D eigenvalue weighted by Crippen LogP contribution is 2.16. The van der Waals surface area contributed by atoms with Crippen molar-refractivity contribution >= 4 is 29.9 Å². The number of hydrogen-bond acceptors (Lipinski definition) is 2. The molecule has 2 N–H and O–H groups in total. The summed E-state index contributed by atoms with van der Waals surface area (Å²) in [7, 11) is 1.73. The minimum atomic E-state index is -0.803. The third-order valence-corrected chi connectivity index (χ3v) is 5.53. The van der Waals surface area contributed by atoms with Gasteiger partial charge in [0.05, 0.1) is 0 Å². The monoisotopic (exact) mass is 528 g/mol. The van der Waals surface area contributed by atoms with Gasteiger partial charge < -0.3 is 10.6 Å². The van der Waals surface area contributed by atoms with Gasteiger partial charge >= 0.3 is 0 Å². The first-order valence-electron chi connectivity index (χ1n) is 10.2. The highest BCUT2D eigenvalue weighted by molar-refractivity contribution is 14.0. The third-order valence-electron chi connectivity index (χ3n) is 5.53. The molecule has 0 amide bonds. The summed E-state index contributed by atoms with van der Waals surface area (Å²) in [6.07, 6.45) is 2.50. The van der Waals surface area contributed by atoms with Crippen molar-refractivity contribution in [3.05, 3.63) is 70.8 Å². The van der Waals surface area contributed by atoms with Crippen LogP contribution >= 0.6 is 24.0 Å². The first-order chi connectivity index (χ1) is 14.1. The van der Waals surface area contributed by atoms with Gasteiger partial charge in [-0.05, 0) is 48.9 Å². The zero-order valence-electron chi connectivity index (χ0n) is 17.6.